The summed E-state index contributed by atoms with van der Waals surface area (Å²) in [6.07, 6.45) is 11.3. The number of hydrogen-bond acceptors (Lipinski definition) is 0. The first-order valence-corrected chi connectivity index (χ1v) is 5.05. The third kappa shape index (κ3) is 3.25. The summed E-state index contributed by atoms with van der Waals surface area (Å²) in [5, 5.41) is 0. The lowest BCUT2D eigenvalue weighted by molar-refractivity contribution is 0.321. The molecule has 0 rings (SSSR count). The Balaban J connectivity index is 4.33. The quantitative estimate of drug-likeness (QED) is 0.515. The van der Waals surface area contributed by atoms with Gasteiger partial charge < -0.3 is 0 Å². The van der Waals surface area contributed by atoms with Gasteiger partial charge in [-0.15, -0.1) is 0 Å². The van der Waals surface area contributed by atoms with Crippen molar-refractivity contribution < 1.29 is 0 Å². The second-order valence-electron chi connectivity index (χ2n) is 3.41. The molecule has 0 aliphatic rings. The number of rotatable bonds is 6. The van der Waals surface area contributed by atoms with Crippen LogP contribution in [0.1, 0.15) is 46.5 Å². The Labute approximate surface area is 77.4 Å². The van der Waals surface area contributed by atoms with Crippen LogP contribution in [0, 0.1) is 5.41 Å². The first-order chi connectivity index (χ1) is 5.74. The van der Waals surface area contributed by atoms with Gasteiger partial charge in [0.05, 0.1) is 0 Å². The number of hydrogen-bond donors (Lipinski definition) is 0. The predicted molar refractivity (Wildman–Crippen MR) is 57.3 cm³/mol. The van der Waals surface area contributed by atoms with E-state index in [4.69, 9.17) is 0 Å². The summed E-state index contributed by atoms with van der Waals surface area (Å²) >= 11 is 0. The molecule has 0 unspecified atom stereocenters. The standard InChI is InChI=1S/C12H22/c1-5-9-11-12(7-3,8-4)10-6-2/h5,9,11H,1,6-8,10H2,2-4H3/b11-9+. The molecule has 0 spiro atoms. The van der Waals surface area contributed by atoms with Gasteiger partial charge in [-0.2, -0.15) is 0 Å². The molecule has 0 aromatic rings. The predicted octanol–water partition coefficient (Wildman–Crippen LogP) is 4.34. The molecule has 70 valence electrons. The molecule has 0 N–H and O–H groups in total. The van der Waals surface area contributed by atoms with Crippen molar-refractivity contribution in [1.29, 1.82) is 0 Å². The lowest BCUT2D eigenvalue weighted by Gasteiger charge is -2.27. The highest BCUT2D eigenvalue weighted by atomic mass is 14.2. The van der Waals surface area contributed by atoms with Crippen LogP contribution in [0.4, 0.5) is 0 Å². The van der Waals surface area contributed by atoms with Gasteiger partial charge in [-0.25, -0.2) is 0 Å². The molecule has 0 fully saturated rings. The van der Waals surface area contributed by atoms with Crippen molar-refractivity contribution in [2.24, 2.45) is 5.41 Å². The van der Waals surface area contributed by atoms with E-state index in [9.17, 15) is 0 Å². The average molecular weight is 166 g/mol. The van der Waals surface area contributed by atoms with Crippen LogP contribution in [0.3, 0.4) is 0 Å². The highest BCUT2D eigenvalue weighted by molar-refractivity contribution is 5.05. The van der Waals surface area contributed by atoms with Crippen molar-refractivity contribution in [3.63, 3.8) is 0 Å². The summed E-state index contributed by atoms with van der Waals surface area (Å²) in [4.78, 5) is 0. The first kappa shape index (κ1) is 11.5. The first-order valence-electron chi connectivity index (χ1n) is 5.05. The van der Waals surface area contributed by atoms with Crippen molar-refractivity contribution in [3.05, 3.63) is 24.8 Å². The third-order valence-electron chi connectivity index (χ3n) is 2.74. The molecule has 0 heteroatoms. The maximum Gasteiger partial charge on any atom is -0.0120 e. The van der Waals surface area contributed by atoms with Crippen LogP contribution in [-0.2, 0) is 0 Å². The van der Waals surface area contributed by atoms with E-state index >= 15 is 0 Å². The van der Waals surface area contributed by atoms with Gasteiger partial charge in [0.1, 0.15) is 0 Å². The molecule has 0 aromatic carbocycles. The second-order valence-corrected chi connectivity index (χ2v) is 3.41. The van der Waals surface area contributed by atoms with Crippen molar-refractivity contribution in [3.8, 4) is 0 Å². The van der Waals surface area contributed by atoms with E-state index in [-0.39, 0.29) is 0 Å². The highest BCUT2D eigenvalue weighted by Gasteiger charge is 2.20. The topological polar surface area (TPSA) is 0 Å². The van der Waals surface area contributed by atoms with Gasteiger partial charge in [0, 0.05) is 0 Å². The molecule has 0 aliphatic carbocycles. The lowest BCUT2D eigenvalue weighted by atomic mass is 9.78. The summed E-state index contributed by atoms with van der Waals surface area (Å²) in [5.74, 6) is 0. The molecule has 0 aromatic heterocycles. The summed E-state index contributed by atoms with van der Waals surface area (Å²) < 4.78 is 0. The lowest BCUT2D eigenvalue weighted by Crippen LogP contribution is -2.14. The molecule has 12 heavy (non-hydrogen) atoms. The summed E-state index contributed by atoms with van der Waals surface area (Å²) in [7, 11) is 0. The molecule has 0 heterocycles. The van der Waals surface area contributed by atoms with Gasteiger partial charge in [-0.3, -0.25) is 0 Å². The fourth-order valence-electron chi connectivity index (χ4n) is 1.69. The summed E-state index contributed by atoms with van der Waals surface area (Å²) in [5.41, 5.74) is 0.433. The highest BCUT2D eigenvalue weighted by Crippen LogP contribution is 2.33. The van der Waals surface area contributed by atoms with Gasteiger partial charge in [-0.05, 0) is 24.7 Å². The van der Waals surface area contributed by atoms with Crippen molar-refractivity contribution in [2.45, 2.75) is 46.5 Å². The molecular formula is C12H22. The molecular weight excluding hydrogens is 144 g/mol. The largest absolute Gasteiger partial charge is 0.0991 e. The monoisotopic (exact) mass is 166 g/mol. The molecule has 0 amide bonds. The van der Waals surface area contributed by atoms with Crippen LogP contribution in [0.15, 0.2) is 24.8 Å². The molecule has 0 aliphatic heterocycles. The van der Waals surface area contributed by atoms with Crippen LogP contribution in [-0.4, -0.2) is 0 Å². The van der Waals surface area contributed by atoms with Crippen LogP contribution in [0.2, 0.25) is 0 Å². The minimum absolute atomic E-state index is 0.433. The average Bonchev–Trinajstić information content (AvgIpc) is 2.13. The molecule has 0 saturated carbocycles. The molecule has 0 saturated heterocycles. The van der Waals surface area contributed by atoms with Crippen LogP contribution >= 0.6 is 0 Å². The van der Waals surface area contributed by atoms with E-state index in [1.54, 1.807) is 0 Å². The van der Waals surface area contributed by atoms with E-state index in [1.165, 1.54) is 25.7 Å². The Morgan fingerprint density at radius 2 is 1.75 bits per heavy atom. The zero-order chi connectivity index (χ0) is 9.45. The Morgan fingerprint density at radius 1 is 1.17 bits per heavy atom. The van der Waals surface area contributed by atoms with Crippen molar-refractivity contribution >= 4 is 0 Å². The van der Waals surface area contributed by atoms with Gasteiger partial charge in [0.2, 0.25) is 0 Å². The maximum atomic E-state index is 3.71. The normalized spacial score (nSPS) is 12.2. The Bertz CT molecular complexity index is 138. The van der Waals surface area contributed by atoms with E-state index in [0.29, 0.717) is 5.41 Å². The van der Waals surface area contributed by atoms with Gasteiger partial charge in [-0.1, -0.05) is 52.0 Å². The zero-order valence-corrected chi connectivity index (χ0v) is 8.77. The van der Waals surface area contributed by atoms with Crippen molar-refractivity contribution in [2.75, 3.05) is 0 Å². The molecule has 0 nitrogen and oxygen atoms in total. The third-order valence-corrected chi connectivity index (χ3v) is 2.74. The van der Waals surface area contributed by atoms with E-state index < -0.39 is 0 Å². The Hall–Kier alpha value is -0.520. The van der Waals surface area contributed by atoms with Gasteiger partial charge in [0.25, 0.3) is 0 Å². The molecule has 0 radical (unpaired) electrons. The van der Waals surface area contributed by atoms with Gasteiger partial charge >= 0.3 is 0 Å². The second kappa shape index (κ2) is 6.05. The Morgan fingerprint density at radius 3 is 2.08 bits per heavy atom. The van der Waals surface area contributed by atoms with Crippen molar-refractivity contribution in [1.82, 2.24) is 0 Å². The number of allylic oxidation sites excluding steroid dienone is 3. The van der Waals surface area contributed by atoms with E-state index in [2.05, 4.69) is 39.5 Å². The summed E-state index contributed by atoms with van der Waals surface area (Å²) in [6, 6.07) is 0. The zero-order valence-electron chi connectivity index (χ0n) is 8.77. The van der Waals surface area contributed by atoms with Crippen LogP contribution in [0.5, 0.6) is 0 Å². The van der Waals surface area contributed by atoms with E-state index in [0.717, 1.165) is 0 Å². The van der Waals surface area contributed by atoms with Crippen LogP contribution < -0.4 is 0 Å². The fourth-order valence-corrected chi connectivity index (χ4v) is 1.69. The Kier molecular flexibility index (Phi) is 5.79. The van der Waals surface area contributed by atoms with Gasteiger partial charge in [0.15, 0.2) is 0 Å². The minimum Gasteiger partial charge on any atom is -0.0991 e. The summed E-state index contributed by atoms with van der Waals surface area (Å²) in [6.45, 7) is 10.5. The fraction of sp³-hybridized carbons (Fsp3) is 0.667. The molecule has 0 bridgehead atoms. The molecule has 0 atom stereocenters. The van der Waals surface area contributed by atoms with E-state index in [1.807, 2.05) is 6.08 Å². The smallest absolute Gasteiger partial charge is 0.0120 e. The SMILES string of the molecule is C=C/C=C/C(CC)(CC)CCC. The maximum absolute atomic E-state index is 3.71. The minimum atomic E-state index is 0.433. The van der Waals surface area contributed by atoms with Crippen LogP contribution in [0.25, 0.3) is 0 Å².